The van der Waals surface area contributed by atoms with Gasteiger partial charge in [-0.1, -0.05) is 13.0 Å². The van der Waals surface area contributed by atoms with Crippen LogP contribution in [-0.2, 0) is 13.0 Å². The topological polar surface area (TPSA) is 87.4 Å². The van der Waals surface area contributed by atoms with E-state index in [1.54, 1.807) is 6.20 Å². The van der Waals surface area contributed by atoms with E-state index in [-0.39, 0.29) is 0 Å². The molecule has 0 radical (unpaired) electrons. The number of rotatable bonds is 5. The first-order valence-corrected chi connectivity index (χ1v) is 10.9. The van der Waals surface area contributed by atoms with Crippen LogP contribution in [0.1, 0.15) is 24.1 Å². The van der Waals surface area contributed by atoms with E-state index in [1.807, 2.05) is 37.0 Å². The fraction of sp³-hybridized carbons (Fsp3) is 0.450. The van der Waals surface area contributed by atoms with Crippen LogP contribution in [0.4, 0.5) is 5.13 Å². The van der Waals surface area contributed by atoms with Gasteiger partial charge in [-0.25, -0.2) is 15.0 Å². The van der Waals surface area contributed by atoms with Crippen molar-refractivity contribution in [1.82, 2.24) is 34.1 Å². The zero-order valence-electron chi connectivity index (χ0n) is 17.6. The maximum Gasteiger partial charge on any atom is 0.205 e. The van der Waals surface area contributed by atoms with Crippen molar-refractivity contribution in [3.8, 4) is 5.82 Å². The summed E-state index contributed by atoms with van der Waals surface area (Å²) in [5.74, 6) is 3.64. The number of aryl methyl sites for hydroxylation is 2. The standard InChI is InChI=1S/C20H27N9S/c1-4-17-25-20(30-26-17)28-11-9-27(10-12-28)19(21-3)24-14-16-5-6-18(23-13-16)29-8-7-22-15(29)2/h5-8,13H,4,9-12,14H2,1-3H3,(H,21,24). The first-order chi connectivity index (χ1) is 14.7. The van der Waals surface area contributed by atoms with Gasteiger partial charge in [0.25, 0.3) is 0 Å². The van der Waals surface area contributed by atoms with Crippen LogP contribution in [0.5, 0.6) is 0 Å². The third kappa shape index (κ3) is 4.43. The lowest BCUT2D eigenvalue weighted by atomic mass is 10.2. The summed E-state index contributed by atoms with van der Waals surface area (Å²) in [7, 11) is 1.83. The van der Waals surface area contributed by atoms with E-state index in [1.165, 1.54) is 11.5 Å². The number of aliphatic imine (C=N–C) groups is 1. The normalized spacial score (nSPS) is 15.0. The molecule has 0 aliphatic carbocycles. The van der Waals surface area contributed by atoms with Crippen LogP contribution in [0.3, 0.4) is 0 Å². The SMILES string of the molecule is CCc1nsc(N2CCN(C(=NC)NCc3ccc(-n4ccnc4C)nc3)CC2)n1. The Morgan fingerprint density at radius 3 is 2.63 bits per heavy atom. The molecule has 1 aliphatic heterocycles. The molecule has 10 heteroatoms. The molecule has 4 heterocycles. The van der Waals surface area contributed by atoms with Gasteiger partial charge in [-0.15, -0.1) is 0 Å². The average Bonchev–Trinajstić information content (AvgIpc) is 3.44. The molecular weight excluding hydrogens is 398 g/mol. The monoisotopic (exact) mass is 425 g/mol. The fourth-order valence-electron chi connectivity index (χ4n) is 3.42. The van der Waals surface area contributed by atoms with Crippen LogP contribution < -0.4 is 10.2 Å². The molecule has 0 saturated carbocycles. The molecule has 1 fully saturated rings. The van der Waals surface area contributed by atoms with Gasteiger partial charge in [0.05, 0.1) is 0 Å². The second-order valence-corrected chi connectivity index (χ2v) is 7.82. The van der Waals surface area contributed by atoms with E-state index in [2.05, 4.69) is 52.4 Å². The van der Waals surface area contributed by atoms with Gasteiger partial charge < -0.3 is 15.1 Å². The van der Waals surface area contributed by atoms with Gasteiger partial charge >= 0.3 is 0 Å². The maximum atomic E-state index is 4.61. The van der Waals surface area contributed by atoms with Gasteiger partial charge in [-0.3, -0.25) is 9.56 Å². The van der Waals surface area contributed by atoms with Gasteiger partial charge in [0.1, 0.15) is 17.5 Å². The van der Waals surface area contributed by atoms with Crippen molar-refractivity contribution in [2.24, 2.45) is 4.99 Å². The summed E-state index contributed by atoms with van der Waals surface area (Å²) in [5.41, 5.74) is 1.11. The minimum absolute atomic E-state index is 0.680. The number of hydrogen-bond acceptors (Lipinski definition) is 7. The molecule has 9 nitrogen and oxygen atoms in total. The number of anilines is 1. The van der Waals surface area contributed by atoms with Crippen molar-refractivity contribution in [2.45, 2.75) is 26.8 Å². The molecule has 1 saturated heterocycles. The molecule has 0 spiro atoms. The highest BCUT2D eigenvalue weighted by Gasteiger charge is 2.22. The number of imidazole rings is 1. The Labute approximate surface area is 180 Å². The van der Waals surface area contributed by atoms with Gasteiger partial charge in [-0.05, 0) is 18.6 Å². The minimum atomic E-state index is 0.680. The second-order valence-electron chi connectivity index (χ2n) is 7.09. The van der Waals surface area contributed by atoms with E-state index in [0.29, 0.717) is 6.54 Å². The summed E-state index contributed by atoms with van der Waals surface area (Å²) >= 11 is 1.49. The smallest absolute Gasteiger partial charge is 0.205 e. The molecule has 158 valence electrons. The number of nitrogens with one attached hydrogen (secondary N) is 1. The highest BCUT2D eigenvalue weighted by molar-refractivity contribution is 7.09. The van der Waals surface area contributed by atoms with Crippen molar-refractivity contribution in [1.29, 1.82) is 0 Å². The molecule has 30 heavy (non-hydrogen) atoms. The lowest BCUT2D eigenvalue weighted by Gasteiger charge is -2.36. The molecular formula is C20H27N9S. The first-order valence-electron chi connectivity index (χ1n) is 10.2. The van der Waals surface area contributed by atoms with Crippen molar-refractivity contribution in [3.63, 3.8) is 0 Å². The molecule has 0 atom stereocenters. The van der Waals surface area contributed by atoms with Gasteiger partial charge in [0.15, 0.2) is 5.96 Å². The quantitative estimate of drug-likeness (QED) is 0.493. The van der Waals surface area contributed by atoms with E-state index in [0.717, 1.165) is 66.7 Å². The number of aromatic nitrogens is 5. The van der Waals surface area contributed by atoms with Crippen LogP contribution in [0.2, 0.25) is 0 Å². The van der Waals surface area contributed by atoms with Crippen molar-refractivity contribution >= 4 is 22.6 Å². The average molecular weight is 426 g/mol. The van der Waals surface area contributed by atoms with Crippen LogP contribution in [-0.4, -0.2) is 68.0 Å². The van der Waals surface area contributed by atoms with Crippen LogP contribution in [0.25, 0.3) is 5.82 Å². The Hall–Kier alpha value is -3.01. The van der Waals surface area contributed by atoms with Crippen LogP contribution in [0.15, 0.2) is 35.7 Å². The summed E-state index contributed by atoms with van der Waals surface area (Å²) in [6.07, 6.45) is 6.48. The van der Waals surface area contributed by atoms with Gasteiger partial charge in [0.2, 0.25) is 5.13 Å². The molecule has 1 aliphatic rings. The minimum Gasteiger partial charge on any atom is -0.352 e. The summed E-state index contributed by atoms with van der Waals surface area (Å²) < 4.78 is 6.37. The molecule has 0 amide bonds. The van der Waals surface area contributed by atoms with E-state index < -0.39 is 0 Å². The third-order valence-corrected chi connectivity index (χ3v) is 5.98. The highest BCUT2D eigenvalue weighted by atomic mass is 32.1. The second kappa shape index (κ2) is 9.21. The summed E-state index contributed by atoms with van der Waals surface area (Å²) in [4.78, 5) is 22.5. The van der Waals surface area contributed by atoms with Gasteiger partial charge in [-0.2, -0.15) is 4.37 Å². The number of piperazine rings is 1. The number of guanidine groups is 1. The molecule has 0 aromatic carbocycles. The number of hydrogen-bond donors (Lipinski definition) is 1. The van der Waals surface area contributed by atoms with E-state index >= 15 is 0 Å². The molecule has 3 aromatic rings. The Balaban J connectivity index is 1.30. The highest BCUT2D eigenvalue weighted by Crippen LogP contribution is 2.19. The lowest BCUT2D eigenvalue weighted by molar-refractivity contribution is 0.372. The summed E-state index contributed by atoms with van der Waals surface area (Å²) in [6.45, 7) is 8.37. The van der Waals surface area contributed by atoms with Crippen LogP contribution >= 0.6 is 11.5 Å². The molecule has 4 rings (SSSR count). The first kappa shape index (κ1) is 20.3. The third-order valence-electron chi connectivity index (χ3n) is 5.17. The van der Waals surface area contributed by atoms with E-state index in [4.69, 9.17) is 0 Å². The summed E-state index contributed by atoms with van der Waals surface area (Å²) in [6, 6.07) is 4.10. The largest absolute Gasteiger partial charge is 0.352 e. The molecule has 3 aromatic heterocycles. The van der Waals surface area contributed by atoms with E-state index in [9.17, 15) is 0 Å². The predicted octanol–water partition coefficient (Wildman–Crippen LogP) is 1.89. The van der Waals surface area contributed by atoms with Gasteiger partial charge in [0, 0.05) is 76.3 Å². The maximum absolute atomic E-state index is 4.61. The van der Waals surface area contributed by atoms with Crippen molar-refractivity contribution in [3.05, 3.63) is 47.9 Å². The van der Waals surface area contributed by atoms with Crippen molar-refractivity contribution < 1.29 is 0 Å². The Morgan fingerprint density at radius 2 is 2.03 bits per heavy atom. The Morgan fingerprint density at radius 1 is 1.20 bits per heavy atom. The molecule has 0 bridgehead atoms. The Kier molecular flexibility index (Phi) is 6.22. The zero-order valence-corrected chi connectivity index (χ0v) is 18.4. The predicted molar refractivity (Wildman–Crippen MR) is 119 cm³/mol. The van der Waals surface area contributed by atoms with Crippen molar-refractivity contribution in [2.75, 3.05) is 38.1 Å². The number of nitrogens with zero attached hydrogens (tertiary/aromatic N) is 8. The Bertz CT molecular complexity index is 984. The molecule has 1 N–H and O–H groups in total. The van der Waals surface area contributed by atoms with Crippen LogP contribution in [0, 0.1) is 6.92 Å². The fourth-order valence-corrected chi connectivity index (χ4v) is 4.22. The molecule has 0 unspecified atom stereocenters. The zero-order chi connectivity index (χ0) is 20.9. The lowest BCUT2D eigenvalue weighted by Crippen LogP contribution is -2.52. The number of pyridine rings is 1. The summed E-state index contributed by atoms with van der Waals surface area (Å²) in [5, 5.41) is 4.48.